The number of carbonyl (C=O) groups is 1. The van der Waals surface area contributed by atoms with Gasteiger partial charge in [0.2, 0.25) is 0 Å². The van der Waals surface area contributed by atoms with E-state index >= 15 is 0 Å². The molecule has 0 aliphatic heterocycles. The van der Waals surface area contributed by atoms with Gasteiger partial charge in [0, 0.05) is 18.3 Å². The zero-order valence-corrected chi connectivity index (χ0v) is 8.28. The Morgan fingerprint density at radius 2 is 2.54 bits per heavy atom. The van der Waals surface area contributed by atoms with Gasteiger partial charge in [-0.05, 0) is 0 Å². The SMILES string of the molecule is COC(=O)[C@@H](N)Cc1cnc[nH]1.S. The molecule has 0 radical (unpaired) electrons. The van der Waals surface area contributed by atoms with E-state index in [1.54, 1.807) is 12.5 Å². The molecule has 0 aliphatic rings. The molecule has 0 amide bonds. The van der Waals surface area contributed by atoms with Crippen molar-refractivity contribution in [3.8, 4) is 0 Å². The number of hydrogen-bond acceptors (Lipinski definition) is 4. The molecule has 0 unspecified atom stereocenters. The van der Waals surface area contributed by atoms with Crippen LogP contribution in [-0.4, -0.2) is 29.1 Å². The Labute approximate surface area is 83.1 Å². The maximum absolute atomic E-state index is 10.9. The topological polar surface area (TPSA) is 81.0 Å². The van der Waals surface area contributed by atoms with Gasteiger partial charge < -0.3 is 15.5 Å². The number of imidazole rings is 1. The van der Waals surface area contributed by atoms with Gasteiger partial charge in [-0.2, -0.15) is 13.5 Å². The number of esters is 1. The van der Waals surface area contributed by atoms with Gasteiger partial charge in [-0.3, -0.25) is 4.79 Å². The molecule has 6 heteroatoms. The highest BCUT2D eigenvalue weighted by Gasteiger charge is 2.14. The molecule has 0 aromatic carbocycles. The van der Waals surface area contributed by atoms with Gasteiger partial charge in [-0.15, -0.1) is 0 Å². The minimum absolute atomic E-state index is 0. The fourth-order valence-corrected chi connectivity index (χ4v) is 0.868. The average Bonchev–Trinajstić information content (AvgIpc) is 2.55. The number of hydrogen-bond donors (Lipinski definition) is 2. The van der Waals surface area contributed by atoms with E-state index in [0.717, 1.165) is 5.69 Å². The number of methoxy groups -OCH3 is 1. The predicted molar refractivity (Wildman–Crippen MR) is 52.7 cm³/mol. The number of ether oxygens (including phenoxy) is 1. The Hall–Kier alpha value is -1.01. The predicted octanol–water partition coefficient (Wildman–Crippen LogP) is -0.435. The highest BCUT2D eigenvalue weighted by Crippen LogP contribution is 1.96. The number of nitrogens with two attached hydrogens (primary N) is 1. The Morgan fingerprint density at radius 3 is 3.00 bits per heavy atom. The minimum Gasteiger partial charge on any atom is -0.468 e. The Kier molecular flexibility index (Phi) is 5.17. The summed E-state index contributed by atoms with van der Waals surface area (Å²) >= 11 is 0. The zero-order valence-electron chi connectivity index (χ0n) is 7.28. The Morgan fingerprint density at radius 1 is 1.85 bits per heavy atom. The fourth-order valence-electron chi connectivity index (χ4n) is 0.868. The lowest BCUT2D eigenvalue weighted by atomic mass is 10.2. The first-order chi connectivity index (χ1) is 5.74. The molecule has 13 heavy (non-hydrogen) atoms. The van der Waals surface area contributed by atoms with Crippen molar-refractivity contribution < 1.29 is 9.53 Å². The molecule has 1 aromatic rings. The molecular formula is C7H13N3O2S. The van der Waals surface area contributed by atoms with Crippen LogP contribution in [0.2, 0.25) is 0 Å². The number of aromatic amines is 1. The van der Waals surface area contributed by atoms with E-state index < -0.39 is 12.0 Å². The summed E-state index contributed by atoms with van der Waals surface area (Å²) in [5.41, 5.74) is 6.32. The summed E-state index contributed by atoms with van der Waals surface area (Å²) in [5, 5.41) is 0. The largest absolute Gasteiger partial charge is 0.468 e. The lowest BCUT2D eigenvalue weighted by molar-refractivity contribution is -0.142. The number of aromatic nitrogens is 2. The maximum atomic E-state index is 10.9. The molecule has 0 bridgehead atoms. The number of H-pyrrole nitrogens is 1. The first-order valence-corrected chi connectivity index (χ1v) is 3.54. The van der Waals surface area contributed by atoms with Crippen LogP contribution in [0.25, 0.3) is 0 Å². The van der Waals surface area contributed by atoms with Crippen molar-refractivity contribution in [1.82, 2.24) is 9.97 Å². The van der Waals surface area contributed by atoms with Gasteiger partial charge in [0.25, 0.3) is 0 Å². The molecule has 1 rings (SSSR count). The fraction of sp³-hybridized carbons (Fsp3) is 0.429. The third kappa shape index (κ3) is 3.47. The molecule has 0 aliphatic carbocycles. The second kappa shape index (κ2) is 5.60. The van der Waals surface area contributed by atoms with E-state index in [4.69, 9.17) is 5.73 Å². The molecule has 5 nitrogen and oxygen atoms in total. The number of carbonyl (C=O) groups excluding carboxylic acids is 1. The van der Waals surface area contributed by atoms with E-state index in [1.165, 1.54) is 7.11 Å². The van der Waals surface area contributed by atoms with Crippen molar-refractivity contribution in [2.24, 2.45) is 5.73 Å². The second-order valence-corrected chi connectivity index (χ2v) is 2.41. The van der Waals surface area contributed by atoms with Gasteiger partial charge in [0.1, 0.15) is 6.04 Å². The number of nitrogens with one attached hydrogen (secondary N) is 1. The normalized spacial score (nSPS) is 11.5. The van der Waals surface area contributed by atoms with Gasteiger partial charge >= 0.3 is 5.97 Å². The van der Waals surface area contributed by atoms with Crippen molar-refractivity contribution in [2.45, 2.75) is 12.5 Å². The van der Waals surface area contributed by atoms with Crippen molar-refractivity contribution in [3.05, 3.63) is 18.2 Å². The molecule has 1 heterocycles. The second-order valence-electron chi connectivity index (χ2n) is 2.41. The Balaban J connectivity index is 0.00000144. The molecule has 1 aromatic heterocycles. The molecule has 0 saturated heterocycles. The van der Waals surface area contributed by atoms with Crippen LogP contribution in [0.4, 0.5) is 0 Å². The highest BCUT2D eigenvalue weighted by atomic mass is 32.1. The van der Waals surface area contributed by atoms with E-state index in [1.807, 2.05) is 0 Å². The summed E-state index contributed by atoms with van der Waals surface area (Å²) in [6.45, 7) is 0. The summed E-state index contributed by atoms with van der Waals surface area (Å²) in [4.78, 5) is 17.5. The highest BCUT2D eigenvalue weighted by molar-refractivity contribution is 7.59. The third-order valence-electron chi connectivity index (χ3n) is 1.50. The van der Waals surface area contributed by atoms with Crippen LogP contribution in [0.3, 0.4) is 0 Å². The molecule has 0 fully saturated rings. The molecule has 0 saturated carbocycles. The summed E-state index contributed by atoms with van der Waals surface area (Å²) in [6.07, 6.45) is 3.59. The average molecular weight is 203 g/mol. The van der Waals surface area contributed by atoms with E-state index in [0.29, 0.717) is 6.42 Å². The summed E-state index contributed by atoms with van der Waals surface area (Å²) in [7, 11) is 1.31. The van der Waals surface area contributed by atoms with Crippen molar-refractivity contribution in [3.63, 3.8) is 0 Å². The third-order valence-corrected chi connectivity index (χ3v) is 1.50. The molecule has 3 N–H and O–H groups in total. The summed E-state index contributed by atoms with van der Waals surface area (Å²) < 4.78 is 4.46. The maximum Gasteiger partial charge on any atom is 0.323 e. The molecule has 74 valence electrons. The quantitative estimate of drug-likeness (QED) is 0.653. The van der Waals surface area contributed by atoms with Gasteiger partial charge in [0.05, 0.1) is 13.4 Å². The van der Waals surface area contributed by atoms with Crippen molar-refractivity contribution in [1.29, 1.82) is 0 Å². The molecule has 1 atom stereocenters. The lowest BCUT2D eigenvalue weighted by Gasteiger charge is -2.06. The van der Waals surface area contributed by atoms with E-state index in [9.17, 15) is 4.79 Å². The zero-order chi connectivity index (χ0) is 8.97. The molecular weight excluding hydrogens is 190 g/mol. The summed E-state index contributed by atoms with van der Waals surface area (Å²) in [5.74, 6) is -0.412. The van der Waals surface area contributed by atoms with Gasteiger partial charge in [-0.1, -0.05) is 0 Å². The number of nitrogens with zero attached hydrogens (tertiary/aromatic N) is 1. The monoisotopic (exact) mass is 203 g/mol. The first-order valence-electron chi connectivity index (χ1n) is 3.54. The van der Waals surface area contributed by atoms with E-state index in [-0.39, 0.29) is 13.5 Å². The van der Waals surface area contributed by atoms with Gasteiger partial charge in [0.15, 0.2) is 0 Å². The minimum atomic E-state index is -0.615. The van der Waals surface area contributed by atoms with Crippen LogP contribution in [0.5, 0.6) is 0 Å². The van der Waals surface area contributed by atoms with E-state index in [2.05, 4.69) is 14.7 Å². The standard InChI is InChI=1S/C7H11N3O2.H2S/c1-12-7(11)6(8)2-5-3-9-4-10-5;/h3-4,6H,2,8H2,1H3,(H,9,10);1H2/t6-;/m0./s1. The number of rotatable bonds is 3. The van der Waals surface area contributed by atoms with Crippen molar-refractivity contribution in [2.75, 3.05) is 7.11 Å². The van der Waals surface area contributed by atoms with Crippen LogP contribution in [0.1, 0.15) is 5.69 Å². The summed E-state index contributed by atoms with van der Waals surface area (Å²) in [6, 6.07) is -0.615. The Bertz CT molecular complexity index is 250. The van der Waals surface area contributed by atoms with Crippen LogP contribution >= 0.6 is 13.5 Å². The first kappa shape index (κ1) is 12.0. The van der Waals surface area contributed by atoms with Crippen molar-refractivity contribution >= 4 is 19.5 Å². The van der Waals surface area contributed by atoms with Crippen LogP contribution in [0.15, 0.2) is 12.5 Å². The smallest absolute Gasteiger partial charge is 0.323 e. The molecule has 0 spiro atoms. The lowest BCUT2D eigenvalue weighted by Crippen LogP contribution is -2.33. The van der Waals surface area contributed by atoms with Crippen LogP contribution in [0, 0.1) is 0 Å². The van der Waals surface area contributed by atoms with Gasteiger partial charge in [-0.25, -0.2) is 4.98 Å². The van der Waals surface area contributed by atoms with Crippen LogP contribution < -0.4 is 5.73 Å². The van der Waals surface area contributed by atoms with Crippen LogP contribution in [-0.2, 0) is 16.0 Å².